The van der Waals surface area contributed by atoms with E-state index in [-0.39, 0.29) is 23.4 Å². The Morgan fingerprint density at radius 3 is 2.56 bits per heavy atom. The van der Waals surface area contributed by atoms with E-state index in [0.29, 0.717) is 35.3 Å². The molecule has 4 rings (SSSR count). The maximum absolute atomic E-state index is 12.4. The molecular weight excluding hydrogens is 482 g/mol. The lowest BCUT2D eigenvalue weighted by atomic mass is 9.89. The molecule has 3 aromatic rings. The number of nitrogens with one attached hydrogen (secondary N) is 1. The lowest BCUT2D eigenvalue weighted by molar-refractivity contribution is 0.0204. The minimum Gasteiger partial charge on any atom is -0.495 e. The predicted octanol–water partition coefficient (Wildman–Crippen LogP) is 3.81. The normalized spacial score (nSPS) is 14.6. The van der Waals surface area contributed by atoms with E-state index in [0.717, 1.165) is 18.4 Å². The summed E-state index contributed by atoms with van der Waals surface area (Å²) in [6, 6.07) is 5.90. The van der Waals surface area contributed by atoms with Gasteiger partial charge in [0.1, 0.15) is 29.1 Å². The van der Waals surface area contributed by atoms with Crippen molar-refractivity contribution >= 4 is 40.9 Å². The number of nitrogens with two attached hydrogens (primary N) is 1. The minimum absolute atomic E-state index is 0.144. The van der Waals surface area contributed by atoms with Gasteiger partial charge in [-0.2, -0.15) is 0 Å². The summed E-state index contributed by atoms with van der Waals surface area (Å²) >= 11 is 1.40. The monoisotopic (exact) mass is 513 g/mol. The number of fused-ring (bicyclic) bond motifs is 1. The van der Waals surface area contributed by atoms with Crippen LogP contribution in [-0.2, 0) is 4.74 Å². The molecule has 1 aliphatic rings. The first-order valence-corrected chi connectivity index (χ1v) is 12.8. The summed E-state index contributed by atoms with van der Waals surface area (Å²) in [6.07, 6.45) is 4.74. The Balaban J connectivity index is 1.55. The molecule has 0 saturated carbocycles. The van der Waals surface area contributed by atoms with Crippen LogP contribution in [-0.4, -0.2) is 68.5 Å². The number of carbonyl (C=O) groups excluding carboxylic acids is 2. The molecule has 11 nitrogen and oxygen atoms in total. The molecule has 12 heteroatoms. The fourth-order valence-corrected chi connectivity index (χ4v) is 4.75. The number of amides is 2. The van der Waals surface area contributed by atoms with Gasteiger partial charge in [-0.1, -0.05) is 17.8 Å². The number of likely N-dealkylation sites (tertiary alicyclic amines) is 1. The van der Waals surface area contributed by atoms with Crippen LogP contribution in [0.5, 0.6) is 5.75 Å². The molecule has 1 saturated heterocycles. The van der Waals surface area contributed by atoms with Gasteiger partial charge in [-0.05, 0) is 63.5 Å². The number of piperidine rings is 1. The SMILES string of the molecule is COc1cc(C2CCN(C(=O)OC(C)(C)C)CC2)ccc1Nc1nc(SC)n2cnnc2c1C(N)=O. The van der Waals surface area contributed by atoms with Crippen molar-refractivity contribution in [3.8, 4) is 5.75 Å². The summed E-state index contributed by atoms with van der Waals surface area (Å²) in [5.74, 6) is 0.500. The molecule has 0 unspecified atom stereocenters. The summed E-state index contributed by atoms with van der Waals surface area (Å²) in [4.78, 5) is 31.0. The second-order valence-corrected chi connectivity index (χ2v) is 10.3. The summed E-state index contributed by atoms with van der Waals surface area (Å²) in [7, 11) is 1.59. The standard InChI is InChI=1S/C24H31N7O4S/c1-24(2,3)35-23(33)30-10-8-14(9-11-30)15-6-7-16(17(12-15)34-4)27-20-18(19(25)32)21-29-26-13-31(21)22(28-20)36-5/h6-7,12-14,27H,8-11H2,1-5H3,(H2,25,32). The van der Waals surface area contributed by atoms with E-state index < -0.39 is 11.5 Å². The molecule has 0 aliphatic carbocycles. The topological polar surface area (TPSA) is 137 Å². The fourth-order valence-electron chi connectivity index (χ4n) is 4.23. The molecule has 3 heterocycles. The Bertz CT molecular complexity index is 1280. The van der Waals surface area contributed by atoms with Crippen molar-refractivity contribution in [1.82, 2.24) is 24.5 Å². The van der Waals surface area contributed by atoms with Crippen LogP contribution in [0.25, 0.3) is 5.65 Å². The zero-order valence-corrected chi connectivity index (χ0v) is 21.9. The number of primary amides is 1. The molecule has 2 amide bonds. The van der Waals surface area contributed by atoms with Gasteiger partial charge in [-0.25, -0.2) is 9.78 Å². The number of anilines is 2. The van der Waals surface area contributed by atoms with E-state index in [1.165, 1.54) is 18.1 Å². The highest BCUT2D eigenvalue weighted by atomic mass is 32.2. The summed E-state index contributed by atoms with van der Waals surface area (Å²) in [5.41, 5.74) is 7.38. The number of ether oxygens (including phenoxy) is 2. The minimum atomic E-state index is -0.664. The molecule has 36 heavy (non-hydrogen) atoms. The number of aromatic nitrogens is 4. The lowest BCUT2D eigenvalue weighted by Crippen LogP contribution is -2.41. The van der Waals surface area contributed by atoms with Crippen molar-refractivity contribution in [2.24, 2.45) is 5.73 Å². The van der Waals surface area contributed by atoms with E-state index in [2.05, 4.69) is 20.5 Å². The van der Waals surface area contributed by atoms with Gasteiger partial charge < -0.3 is 25.4 Å². The van der Waals surface area contributed by atoms with E-state index in [9.17, 15) is 9.59 Å². The number of thioether (sulfide) groups is 1. The van der Waals surface area contributed by atoms with Gasteiger partial charge in [0.05, 0.1) is 12.8 Å². The molecule has 0 bridgehead atoms. The average Bonchev–Trinajstić information content (AvgIpc) is 3.32. The van der Waals surface area contributed by atoms with Gasteiger partial charge in [-0.15, -0.1) is 10.2 Å². The summed E-state index contributed by atoms with van der Waals surface area (Å²) in [6.45, 7) is 6.86. The van der Waals surface area contributed by atoms with Crippen molar-refractivity contribution in [1.29, 1.82) is 0 Å². The highest BCUT2D eigenvalue weighted by molar-refractivity contribution is 7.98. The van der Waals surface area contributed by atoms with Crippen molar-refractivity contribution in [2.75, 3.05) is 31.8 Å². The van der Waals surface area contributed by atoms with Crippen LogP contribution in [0.1, 0.15) is 55.5 Å². The zero-order valence-electron chi connectivity index (χ0n) is 21.1. The first kappa shape index (κ1) is 25.5. The molecule has 0 spiro atoms. The Morgan fingerprint density at radius 1 is 1.22 bits per heavy atom. The van der Waals surface area contributed by atoms with Gasteiger partial charge in [0.25, 0.3) is 5.91 Å². The molecule has 1 aliphatic heterocycles. The van der Waals surface area contributed by atoms with Crippen LogP contribution in [0.3, 0.4) is 0 Å². The molecular formula is C24H31N7O4S. The van der Waals surface area contributed by atoms with Crippen LogP contribution in [0.2, 0.25) is 0 Å². The molecule has 0 atom stereocenters. The highest BCUT2D eigenvalue weighted by Crippen LogP contribution is 2.36. The van der Waals surface area contributed by atoms with Crippen molar-refractivity contribution in [3.05, 3.63) is 35.7 Å². The fraction of sp³-hybridized carbons (Fsp3) is 0.458. The number of hydrogen-bond donors (Lipinski definition) is 2. The maximum Gasteiger partial charge on any atom is 0.410 e. The van der Waals surface area contributed by atoms with Gasteiger partial charge in [0.2, 0.25) is 0 Å². The van der Waals surface area contributed by atoms with Crippen LogP contribution < -0.4 is 15.8 Å². The van der Waals surface area contributed by atoms with Crippen molar-refractivity contribution < 1.29 is 19.1 Å². The second kappa shape index (κ2) is 10.2. The first-order chi connectivity index (χ1) is 17.1. The molecule has 0 radical (unpaired) electrons. The molecule has 192 valence electrons. The summed E-state index contributed by atoms with van der Waals surface area (Å²) < 4.78 is 12.8. The number of carbonyl (C=O) groups is 2. The largest absolute Gasteiger partial charge is 0.495 e. The average molecular weight is 514 g/mol. The quantitative estimate of drug-likeness (QED) is 0.372. The lowest BCUT2D eigenvalue weighted by Gasteiger charge is -2.33. The van der Waals surface area contributed by atoms with Crippen LogP contribution in [0.4, 0.5) is 16.3 Å². The van der Waals surface area contributed by atoms with Crippen LogP contribution >= 0.6 is 11.8 Å². The Hall–Kier alpha value is -3.54. The first-order valence-electron chi connectivity index (χ1n) is 11.6. The molecule has 2 aromatic heterocycles. The van der Waals surface area contributed by atoms with Crippen LogP contribution in [0, 0.1) is 0 Å². The number of methoxy groups -OCH3 is 1. The van der Waals surface area contributed by atoms with Crippen molar-refractivity contribution in [3.63, 3.8) is 0 Å². The Kier molecular flexibility index (Phi) is 7.25. The Morgan fingerprint density at radius 2 is 1.94 bits per heavy atom. The third-order valence-electron chi connectivity index (χ3n) is 5.95. The summed E-state index contributed by atoms with van der Waals surface area (Å²) in [5, 5.41) is 11.8. The highest BCUT2D eigenvalue weighted by Gasteiger charge is 2.28. The van der Waals surface area contributed by atoms with Gasteiger partial charge in [0.15, 0.2) is 10.8 Å². The third kappa shape index (κ3) is 5.32. The number of rotatable bonds is 6. The molecule has 1 fully saturated rings. The number of nitrogens with zero attached hydrogens (tertiary/aromatic N) is 5. The smallest absolute Gasteiger partial charge is 0.410 e. The number of hydrogen-bond acceptors (Lipinski definition) is 9. The van der Waals surface area contributed by atoms with Gasteiger partial charge in [-0.3, -0.25) is 9.20 Å². The van der Waals surface area contributed by atoms with E-state index in [1.54, 1.807) is 16.4 Å². The van der Waals surface area contributed by atoms with Crippen molar-refractivity contribution in [2.45, 2.75) is 50.3 Å². The Labute approximate surface area is 213 Å². The third-order valence-corrected chi connectivity index (χ3v) is 6.60. The van der Waals surface area contributed by atoms with Gasteiger partial charge in [0, 0.05) is 13.1 Å². The maximum atomic E-state index is 12.4. The molecule has 1 aromatic carbocycles. The van der Waals surface area contributed by atoms with Crippen LogP contribution in [0.15, 0.2) is 29.7 Å². The van der Waals surface area contributed by atoms with E-state index in [1.807, 2.05) is 45.2 Å². The second-order valence-electron chi connectivity index (χ2n) is 9.54. The zero-order chi connectivity index (χ0) is 26.0. The van der Waals surface area contributed by atoms with E-state index in [4.69, 9.17) is 15.2 Å². The molecule has 3 N–H and O–H groups in total. The van der Waals surface area contributed by atoms with E-state index >= 15 is 0 Å². The number of benzene rings is 1. The van der Waals surface area contributed by atoms with Gasteiger partial charge >= 0.3 is 6.09 Å². The predicted molar refractivity (Wildman–Crippen MR) is 137 cm³/mol.